The van der Waals surface area contributed by atoms with Crippen molar-refractivity contribution in [3.63, 3.8) is 0 Å². The van der Waals surface area contributed by atoms with Crippen LogP contribution in [0.25, 0.3) is 0 Å². The number of hydrogen-bond donors (Lipinski definition) is 0. The van der Waals surface area contributed by atoms with Crippen molar-refractivity contribution in [3.8, 4) is 0 Å². The van der Waals surface area contributed by atoms with Crippen molar-refractivity contribution >= 4 is 0 Å². The zero-order valence-electron chi connectivity index (χ0n) is 6.40. The number of alkyl halides is 3. The third-order valence-corrected chi connectivity index (χ3v) is 1.26. The summed E-state index contributed by atoms with van der Waals surface area (Å²) in [6.07, 6.45) is -1.12. The maximum atomic E-state index is 11.6. The third kappa shape index (κ3) is 2.84. The summed E-state index contributed by atoms with van der Waals surface area (Å²) in [5.41, 5.74) is 3.21. The Morgan fingerprint density at radius 2 is 2.17 bits per heavy atom. The molecular weight excluding hydrogens is 169 g/mol. The van der Waals surface area contributed by atoms with Gasteiger partial charge < -0.3 is 4.74 Å². The molecule has 66 valence electrons. The molecule has 0 N–H and O–H groups in total. The van der Waals surface area contributed by atoms with E-state index in [1.165, 1.54) is 6.08 Å². The Morgan fingerprint density at radius 1 is 1.50 bits per heavy atom. The van der Waals surface area contributed by atoms with E-state index in [0.717, 1.165) is 5.57 Å². The molecule has 1 rings (SSSR count). The highest BCUT2D eigenvalue weighted by Gasteiger charge is 2.31. The molecular formula is C8H7F3O. The molecule has 4 heteroatoms. The molecule has 0 unspecified atom stereocenters. The monoisotopic (exact) mass is 176 g/mol. The van der Waals surface area contributed by atoms with Crippen LogP contribution < -0.4 is 0 Å². The molecule has 0 bridgehead atoms. The first-order valence-corrected chi connectivity index (χ1v) is 3.36. The van der Waals surface area contributed by atoms with Crippen LogP contribution in [0.15, 0.2) is 29.2 Å². The van der Waals surface area contributed by atoms with Gasteiger partial charge in [-0.2, -0.15) is 0 Å². The van der Waals surface area contributed by atoms with Gasteiger partial charge in [0.15, 0.2) is 5.76 Å². The van der Waals surface area contributed by atoms with Crippen LogP contribution in [0.4, 0.5) is 13.2 Å². The fourth-order valence-electron chi connectivity index (χ4n) is 0.830. The fourth-order valence-corrected chi connectivity index (χ4v) is 0.830. The number of allylic oxidation sites excluding steroid dienone is 2. The molecule has 0 radical (unpaired) electrons. The first kappa shape index (κ1) is 8.94. The van der Waals surface area contributed by atoms with Crippen molar-refractivity contribution in [3.05, 3.63) is 29.2 Å². The van der Waals surface area contributed by atoms with Gasteiger partial charge in [0.1, 0.15) is 0 Å². The van der Waals surface area contributed by atoms with Crippen molar-refractivity contribution in [1.29, 1.82) is 0 Å². The Kier molecular flexibility index (Phi) is 2.29. The van der Waals surface area contributed by atoms with Gasteiger partial charge in [0, 0.05) is 0 Å². The van der Waals surface area contributed by atoms with Gasteiger partial charge in [0.25, 0.3) is 0 Å². The van der Waals surface area contributed by atoms with Crippen LogP contribution in [-0.2, 0) is 4.74 Å². The van der Waals surface area contributed by atoms with Crippen LogP contribution in [-0.4, -0.2) is 6.36 Å². The molecule has 0 aliphatic heterocycles. The van der Waals surface area contributed by atoms with Gasteiger partial charge in [-0.25, -0.2) is 0 Å². The topological polar surface area (TPSA) is 9.23 Å². The maximum Gasteiger partial charge on any atom is 0.573 e. The van der Waals surface area contributed by atoms with Gasteiger partial charge in [-0.3, -0.25) is 0 Å². The molecule has 0 aromatic carbocycles. The third-order valence-electron chi connectivity index (χ3n) is 1.26. The van der Waals surface area contributed by atoms with Crippen LogP contribution in [0.2, 0.25) is 0 Å². The van der Waals surface area contributed by atoms with Crippen LogP contribution in [0.5, 0.6) is 0 Å². The fraction of sp³-hybridized carbons (Fsp3) is 0.375. The van der Waals surface area contributed by atoms with E-state index in [1.807, 2.05) is 0 Å². The van der Waals surface area contributed by atoms with Crippen molar-refractivity contribution in [2.45, 2.75) is 19.7 Å². The Bertz CT molecular complexity index is 267. The highest BCUT2D eigenvalue weighted by atomic mass is 19.4. The number of rotatable bonds is 1. The highest BCUT2D eigenvalue weighted by Crippen LogP contribution is 2.22. The van der Waals surface area contributed by atoms with Crippen molar-refractivity contribution in [1.82, 2.24) is 0 Å². The van der Waals surface area contributed by atoms with E-state index in [9.17, 15) is 13.2 Å². The lowest BCUT2D eigenvalue weighted by Crippen LogP contribution is -2.12. The zero-order valence-corrected chi connectivity index (χ0v) is 6.40. The predicted octanol–water partition coefficient (Wildman–Crippen LogP) is 2.91. The largest absolute Gasteiger partial charge is 0.573 e. The second kappa shape index (κ2) is 3.07. The van der Waals surface area contributed by atoms with E-state index in [4.69, 9.17) is 0 Å². The molecule has 1 nitrogen and oxygen atoms in total. The van der Waals surface area contributed by atoms with Crippen molar-refractivity contribution < 1.29 is 17.9 Å². The normalized spacial score (nSPS) is 17.0. The van der Waals surface area contributed by atoms with Gasteiger partial charge in [-0.1, -0.05) is 11.8 Å². The second-order valence-corrected chi connectivity index (χ2v) is 2.42. The van der Waals surface area contributed by atoms with Crippen molar-refractivity contribution in [2.24, 2.45) is 0 Å². The smallest absolute Gasteiger partial charge is 0.398 e. The summed E-state index contributed by atoms with van der Waals surface area (Å²) < 4.78 is 38.6. The number of hydrogen-bond acceptors (Lipinski definition) is 1. The molecule has 0 aromatic heterocycles. The summed E-state index contributed by atoms with van der Waals surface area (Å²) in [4.78, 5) is 0. The summed E-state index contributed by atoms with van der Waals surface area (Å²) in [5, 5.41) is 0. The zero-order chi connectivity index (χ0) is 9.19. The minimum absolute atomic E-state index is 0.272. The van der Waals surface area contributed by atoms with E-state index in [-0.39, 0.29) is 5.76 Å². The van der Waals surface area contributed by atoms with Crippen molar-refractivity contribution in [2.75, 3.05) is 0 Å². The molecule has 0 fully saturated rings. The van der Waals surface area contributed by atoms with Gasteiger partial charge >= 0.3 is 6.36 Å². The summed E-state index contributed by atoms with van der Waals surface area (Å²) in [5.74, 6) is -0.272. The SMILES string of the molecule is CC1=C=C(OC(F)(F)F)C=CC1. The quantitative estimate of drug-likeness (QED) is 0.558. The lowest BCUT2D eigenvalue weighted by molar-refractivity contribution is -0.303. The van der Waals surface area contributed by atoms with E-state index in [2.05, 4.69) is 10.5 Å². The number of ether oxygens (including phenoxy) is 1. The second-order valence-electron chi connectivity index (χ2n) is 2.42. The Balaban J connectivity index is 2.77. The molecule has 0 aromatic rings. The summed E-state index contributed by atoms with van der Waals surface area (Å²) in [6.45, 7) is 1.70. The van der Waals surface area contributed by atoms with E-state index in [0.29, 0.717) is 6.42 Å². The molecule has 0 saturated heterocycles. The highest BCUT2D eigenvalue weighted by molar-refractivity contribution is 5.22. The minimum atomic E-state index is -4.62. The summed E-state index contributed by atoms with van der Waals surface area (Å²) in [7, 11) is 0. The summed E-state index contributed by atoms with van der Waals surface area (Å²) in [6, 6.07) is 0. The average molecular weight is 176 g/mol. The molecule has 1 aliphatic rings. The maximum absolute atomic E-state index is 11.6. The molecule has 0 saturated carbocycles. The van der Waals surface area contributed by atoms with Crippen LogP contribution in [0.1, 0.15) is 13.3 Å². The van der Waals surface area contributed by atoms with Gasteiger partial charge in [0.2, 0.25) is 0 Å². The van der Waals surface area contributed by atoms with Crippen LogP contribution in [0, 0.1) is 0 Å². The summed E-state index contributed by atoms with van der Waals surface area (Å²) >= 11 is 0. The molecule has 0 amide bonds. The molecule has 1 aliphatic carbocycles. The predicted molar refractivity (Wildman–Crippen MR) is 37.1 cm³/mol. The molecule has 0 heterocycles. The van der Waals surface area contributed by atoms with Gasteiger partial charge in [0.05, 0.1) is 0 Å². The van der Waals surface area contributed by atoms with E-state index in [1.54, 1.807) is 13.0 Å². The van der Waals surface area contributed by atoms with Crippen LogP contribution >= 0.6 is 0 Å². The molecule has 0 spiro atoms. The standard InChI is InChI=1S/C8H7F3O/c1-6-3-2-4-7(5-6)12-8(9,10)11/h2,4H,3H2,1H3. The molecule has 0 atom stereocenters. The first-order valence-electron chi connectivity index (χ1n) is 3.36. The van der Waals surface area contributed by atoms with E-state index < -0.39 is 6.36 Å². The van der Waals surface area contributed by atoms with Crippen LogP contribution in [0.3, 0.4) is 0 Å². The van der Waals surface area contributed by atoms with Gasteiger partial charge in [-0.05, 0) is 25.0 Å². The Morgan fingerprint density at radius 3 is 2.67 bits per heavy atom. The lowest BCUT2D eigenvalue weighted by Gasteiger charge is -2.09. The van der Waals surface area contributed by atoms with Gasteiger partial charge in [-0.15, -0.1) is 13.2 Å². The Labute approximate surface area is 67.8 Å². The first-order chi connectivity index (χ1) is 5.47. The van der Waals surface area contributed by atoms with E-state index >= 15 is 0 Å². The molecule has 12 heavy (non-hydrogen) atoms. The minimum Gasteiger partial charge on any atom is -0.398 e. The lowest BCUT2D eigenvalue weighted by atomic mass is 10.1. The average Bonchev–Trinajstić information content (AvgIpc) is 1.82. The Hall–Kier alpha value is -1.15. The number of halogens is 3.